The second kappa shape index (κ2) is 11.7. The molecule has 1 aliphatic rings. The summed E-state index contributed by atoms with van der Waals surface area (Å²) in [7, 11) is 3.94. The second-order valence-corrected chi connectivity index (χ2v) is 8.84. The van der Waals surface area contributed by atoms with Crippen LogP contribution in [-0.4, -0.2) is 96.6 Å². The zero-order valence-corrected chi connectivity index (χ0v) is 20.3. The van der Waals surface area contributed by atoms with Gasteiger partial charge in [-0.25, -0.2) is 0 Å². The molecule has 0 atom stereocenters. The molecule has 1 aromatic carbocycles. The van der Waals surface area contributed by atoms with Gasteiger partial charge in [0, 0.05) is 51.3 Å². The molecule has 0 aliphatic carbocycles. The Bertz CT molecular complexity index is 913. The lowest BCUT2D eigenvalue weighted by Gasteiger charge is -2.27. The molecule has 0 spiro atoms. The minimum absolute atomic E-state index is 0.0122. The van der Waals surface area contributed by atoms with E-state index in [9.17, 15) is 9.59 Å². The Kier molecular flexibility index (Phi) is 8.77. The summed E-state index contributed by atoms with van der Waals surface area (Å²) in [6.45, 7) is 8.17. The van der Waals surface area contributed by atoms with Crippen LogP contribution in [0, 0.1) is 6.92 Å². The summed E-state index contributed by atoms with van der Waals surface area (Å²) in [6, 6.07) is 12.3. The Morgan fingerprint density at radius 3 is 2.33 bits per heavy atom. The van der Waals surface area contributed by atoms with Gasteiger partial charge in [-0.1, -0.05) is 36.8 Å². The summed E-state index contributed by atoms with van der Waals surface area (Å²) in [5, 5.41) is 8.87. The van der Waals surface area contributed by atoms with E-state index in [1.54, 1.807) is 4.90 Å². The number of benzene rings is 1. The third-order valence-electron chi connectivity index (χ3n) is 5.97. The summed E-state index contributed by atoms with van der Waals surface area (Å²) in [6.07, 6.45) is 1.26. The van der Waals surface area contributed by atoms with Crippen molar-refractivity contribution in [2.24, 2.45) is 0 Å². The van der Waals surface area contributed by atoms with Crippen LogP contribution >= 0.6 is 0 Å². The SMILES string of the molecule is CCC(=O)N(CCN(C)C)CC(=O)N1CCCN(c2ccc(-c3ccc(C)cc3)nn2)CC1. The molecule has 0 saturated carbocycles. The first-order valence-corrected chi connectivity index (χ1v) is 11.7. The van der Waals surface area contributed by atoms with Crippen LogP contribution in [0.5, 0.6) is 0 Å². The maximum Gasteiger partial charge on any atom is 0.242 e. The number of anilines is 1. The quantitative estimate of drug-likeness (QED) is 0.612. The maximum absolute atomic E-state index is 13.0. The highest BCUT2D eigenvalue weighted by Gasteiger charge is 2.23. The van der Waals surface area contributed by atoms with Crippen LogP contribution in [0.3, 0.4) is 0 Å². The van der Waals surface area contributed by atoms with Crippen molar-refractivity contribution >= 4 is 17.6 Å². The van der Waals surface area contributed by atoms with Gasteiger partial charge < -0.3 is 19.6 Å². The largest absolute Gasteiger partial charge is 0.353 e. The van der Waals surface area contributed by atoms with E-state index >= 15 is 0 Å². The number of rotatable bonds is 8. The Labute approximate surface area is 197 Å². The van der Waals surface area contributed by atoms with Crippen molar-refractivity contribution in [2.45, 2.75) is 26.7 Å². The Morgan fingerprint density at radius 1 is 0.939 bits per heavy atom. The van der Waals surface area contributed by atoms with Crippen molar-refractivity contribution in [1.82, 2.24) is 24.9 Å². The molecule has 0 radical (unpaired) electrons. The summed E-state index contributed by atoms with van der Waals surface area (Å²) < 4.78 is 0. The van der Waals surface area contributed by atoms with E-state index in [1.165, 1.54) is 5.56 Å². The smallest absolute Gasteiger partial charge is 0.242 e. The minimum atomic E-state index is 0.0122. The van der Waals surface area contributed by atoms with Gasteiger partial charge in [-0.2, -0.15) is 0 Å². The molecule has 2 heterocycles. The zero-order valence-electron chi connectivity index (χ0n) is 20.3. The van der Waals surface area contributed by atoms with E-state index in [0.717, 1.165) is 36.6 Å². The molecular formula is C25H36N6O2. The molecule has 0 N–H and O–H groups in total. The van der Waals surface area contributed by atoms with Crippen LogP contribution in [0.15, 0.2) is 36.4 Å². The molecule has 3 rings (SSSR count). The summed E-state index contributed by atoms with van der Waals surface area (Å²) in [5.74, 6) is 0.859. The minimum Gasteiger partial charge on any atom is -0.353 e. The van der Waals surface area contributed by atoms with E-state index in [2.05, 4.69) is 46.3 Å². The molecule has 1 aliphatic heterocycles. The van der Waals surface area contributed by atoms with Crippen LogP contribution in [-0.2, 0) is 9.59 Å². The first-order chi connectivity index (χ1) is 15.9. The van der Waals surface area contributed by atoms with Crippen LogP contribution in [0.4, 0.5) is 5.82 Å². The molecule has 1 fully saturated rings. The first-order valence-electron chi connectivity index (χ1n) is 11.7. The van der Waals surface area contributed by atoms with E-state index in [1.807, 2.05) is 43.0 Å². The molecule has 2 amide bonds. The maximum atomic E-state index is 13.0. The number of nitrogens with zero attached hydrogens (tertiary/aromatic N) is 6. The second-order valence-electron chi connectivity index (χ2n) is 8.84. The standard InChI is InChI=1S/C25H36N6O2/c1-5-24(32)31(16-15-28(3)4)19-25(33)30-14-6-13-29(17-18-30)23-12-11-22(26-27-23)21-9-7-20(2)8-10-21/h7-12H,5-6,13-19H2,1-4H3. The van der Waals surface area contributed by atoms with Crippen molar-refractivity contribution in [3.63, 3.8) is 0 Å². The fourth-order valence-electron chi connectivity index (χ4n) is 3.87. The lowest BCUT2D eigenvalue weighted by molar-refractivity contribution is -0.140. The van der Waals surface area contributed by atoms with E-state index in [4.69, 9.17) is 0 Å². The summed E-state index contributed by atoms with van der Waals surface area (Å²) >= 11 is 0. The van der Waals surface area contributed by atoms with Crippen LogP contribution in [0.25, 0.3) is 11.3 Å². The number of hydrogen-bond acceptors (Lipinski definition) is 6. The summed E-state index contributed by atoms with van der Waals surface area (Å²) in [5.41, 5.74) is 3.11. The lowest BCUT2D eigenvalue weighted by atomic mass is 10.1. The predicted molar refractivity (Wildman–Crippen MR) is 131 cm³/mol. The van der Waals surface area contributed by atoms with Crippen molar-refractivity contribution in [1.29, 1.82) is 0 Å². The molecule has 0 bridgehead atoms. The molecule has 8 heteroatoms. The highest BCUT2D eigenvalue weighted by Crippen LogP contribution is 2.20. The van der Waals surface area contributed by atoms with Gasteiger partial charge in [0.15, 0.2) is 5.82 Å². The third-order valence-corrected chi connectivity index (χ3v) is 5.97. The third kappa shape index (κ3) is 6.99. The normalized spacial score (nSPS) is 14.3. The van der Waals surface area contributed by atoms with Crippen LogP contribution in [0.2, 0.25) is 0 Å². The molecule has 8 nitrogen and oxygen atoms in total. The molecule has 1 saturated heterocycles. The van der Waals surface area contributed by atoms with Gasteiger partial charge in [0.25, 0.3) is 0 Å². The average molecular weight is 453 g/mol. The Hall–Kier alpha value is -3.00. The first kappa shape index (κ1) is 24.6. The average Bonchev–Trinajstić information content (AvgIpc) is 3.08. The van der Waals surface area contributed by atoms with Gasteiger partial charge in [0.05, 0.1) is 12.2 Å². The van der Waals surface area contributed by atoms with E-state index in [0.29, 0.717) is 32.6 Å². The molecule has 2 aromatic rings. The number of aromatic nitrogens is 2. The highest BCUT2D eigenvalue weighted by molar-refractivity contribution is 5.84. The van der Waals surface area contributed by atoms with E-state index in [-0.39, 0.29) is 18.4 Å². The van der Waals surface area contributed by atoms with E-state index < -0.39 is 0 Å². The number of likely N-dealkylation sites (N-methyl/N-ethyl adjacent to an activating group) is 1. The number of carbonyl (C=O) groups excluding carboxylic acids is 2. The molecule has 33 heavy (non-hydrogen) atoms. The van der Waals surface area contributed by atoms with Crippen molar-refractivity contribution in [3.8, 4) is 11.3 Å². The van der Waals surface area contributed by atoms with Gasteiger partial charge in [-0.3, -0.25) is 9.59 Å². The Morgan fingerprint density at radius 2 is 1.70 bits per heavy atom. The number of carbonyl (C=O) groups is 2. The Balaban J connectivity index is 1.58. The topological polar surface area (TPSA) is 72.9 Å². The van der Waals surface area contributed by atoms with Gasteiger partial charge >= 0.3 is 0 Å². The van der Waals surface area contributed by atoms with Gasteiger partial charge in [0.1, 0.15) is 0 Å². The summed E-state index contributed by atoms with van der Waals surface area (Å²) in [4.78, 5) is 33.0. The fourth-order valence-corrected chi connectivity index (χ4v) is 3.87. The molecule has 1 aromatic heterocycles. The van der Waals surface area contributed by atoms with Crippen LogP contribution < -0.4 is 4.90 Å². The predicted octanol–water partition coefficient (Wildman–Crippen LogP) is 2.29. The fraction of sp³-hybridized carbons (Fsp3) is 0.520. The van der Waals surface area contributed by atoms with Crippen molar-refractivity contribution in [3.05, 3.63) is 42.0 Å². The monoisotopic (exact) mass is 452 g/mol. The number of hydrogen-bond donors (Lipinski definition) is 0. The highest BCUT2D eigenvalue weighted by atomic mass is 16.2. The molecule has 178 valence electrons. The lowest BCUT2D eigenvalue weighted by Crippen LogP contribution is -2.45. The van der Waals surface area contributed by atoms with Gasteiger partial charge in [-0.15, -0.1) is 10.2 Å². The number of amides is 2. The zero-order chi connectivity index (χ0) is 23.8. The number of aryl methyl sites for hydroxylation is 1. The van der Waals surface area contributed by atoms with Gasteiger partial charge in [-0.05, 0) is 39.6 Å². The van der Waals surface area contributed by atoms with Crippen molar-refractivity contribution < 1.29 is 9.59 Å². The molecular weight excluding hydrogens is 416 g/mol. The molecule has 0 unspecified atom stereocenters. The van der Waals surface area contributed by atoms with Gasteiger partial charge in [0.2, 0.25) is 11.8 Å². The van der Waals surface area contributed by atoms with Crippen LogP contribution in [0.1, 0.15) is 25.3 Å². The van der Waals surface area contributed by atoms with Crippen molar-refractivity contribution in [2.75, 3.05) is 64.8 Å².